The molecule has 2 aromatic rings. The number of carbonyl (C=O) groups excluding carboxylic acids is 1. The number of ether oxygens (including phenoxy) is 2. The molecular formula is C30H37ClFN3O3. The number of rotatable bonds is 15. The minimum Gasteiger partial charge on any atom is -0.381 e. The van der Waals surface area contributed by atoms with Crippen molar-refractivity contribution in [2.24, 2.45) is 0 Å². The molecule has 1 aliphatic rings. The molecule has 0 amide bonds. The van der Waals surface area contributed by atoms with E-state index in [0.29, 0.717) is 43.7 Å². The molecule has 1 aliphatic carbocycles. The lowest BCUT2D eigenvalue weighted by Crippen LogP contribution is -2.22. The molecule has 1 aromatic carbocycles. The third kappa shape index (κ3) is 8.06. The third-order valence-corrected chi connectivity index (χ3v) is 6.61. The van der Waals surface area contributed by atoms with E-state index in [9.17, 15) is 4.79 Å². The third-order valence-electron chi connectivity index (χ3n) is 6.44. The summed E-state index contributed by atoms with van der Waals surface area (Å²) in [6, 6.07) is 7.00. The van der Waals surface area contributed by atoms with Crippen LogP contribution in [0.4, 0.5) is 10.2 Å². The molecule has 204 valence electrons. The van der Waals surface area contributed by atoms with Gasteiger partial charge in [-0.1, -0.05) is 48.9 Å². The molecule has 0 fully saturated rings. The standard InChI is InChI=1S/C30H37ClFN3O3/c1-5-15-30(32,37-4)24-11-9-10-23(20-24)21(3)33-28-26-19-22(13-14-27(26)34-29(31)35-28)18-25(36)12-7-8-17-38-16-6-2/h5,7,9-13,20-21H,1,6,8,14-19H2,2-4H3,(H,33,34,35)/b12-7+/t21-,30?/m1/s1. The van der Waals surface area contributed by atoms with Crippen molar-refractivity contribution >= 4 is 23.2 Å². The summed E-state index contributed by atoms with van der Waals surface area (Å²) in [5.41, 5.74) is 4.06. The molecule has 1 unspecified atom stereocenters. The van der Waals surface area contributed by atoms with Gasteiger partial charge in [0, 0.05) is 50.1 Å². The van der Waals surface area contributed by atoms with Crippen molar-refractivity contribution < 1.29 is 18.7 Å². The monoisotopic (exact) mass is 541 g/mol. The van der Waals surface area contributed by atoms with Gasteiger partial charge >= 0.3 is 0 Å². The van der Waals surface area contributed by atoms with E-state index in [0.717, 1.165) is 35.4 Å². The van der Waals surface area contributed by atoms with Crippen molar-refractivity contribution in [3.8, 4) is 0 Å². The Balaban J connectivity index is 1.71. The molecule has 6 nitrogen and oxygen atoms in total. The number of benzene rings is 1. The van der Waals surface area contributed by atoms with Gasteiger partial charge in [0.05, 0.1) is 12.3 Å². The first-order chi connectivity index (χ1) is 18.3. The molecule has 1 heterocycles. The number of alkyl halides is 1. The smallest absolute Gasteiger partial charge is 0.238 e. The van der Waals surface area contributed by atoms with Crippen LogP contribution < -0.4 is 5.32 Å². The van der Waals surface area contributed by atoms with Gasteiger partial charge in [-0.05, 0) is 55.5 Å². The van der Waals surface area contributed by atoms with E-state index in [-0.39, 0.29) is 23.5 Å². The van der Waals surface area contributed by atoms with E-state index in [1.54, 1.807) is 24.3 Å². The predicted octanol–water partition coefficient (Wildman–Crippen LogP) is 7.01. The Hall–Kier alpha value is -2.87. The maximum Gasteiger partial charge on any atom is 0.238 e. The van der Waals surface area contributed by atoms with Crippen molar-refractivity contribution in [3.05, 3.63) is 88.4 Å². The Labute approximate surface area is 230 Å². The van der Waals surface area contributed by atoms with Crippen molar-refractivity contribution in [2.75, 3.05) is 25.6 Å². The Morgan fingerprint density at radius 3 is 2.89 bits per heavy atom. The first-order valence-electron chi connectivity index (χ1n) is 13.0. The zero-order valence-electron chi connectivity index (χ0n) is 22.4. The van der Waals surface area contributed by atoms with Crippen LogP contribution in [0.1, 0.15) is 68.0 Å². The number of aromatic nitrogens is 2. The molecular weight excluding hydrogens is 505 g/mol. The maximum absolute atomic E-state index is 15.3. The summed E-state index contributed by atoms with van der Waals surface area (Å²) in [6.45, 7) is 9.03. The average molecular weight is 542 g/mol. The lowest BCUT2D eigenvalue weighted by atomic mass is 9.92. The number of allylic oxidation sites excluding steroid dienone is 3. The summed E-state index contributed by atoms with van der Waals surface area (Å²) in [4.78, 5) is 21.4. The lowest BCUT2D eigenvalue weighted by molar-refractivity contribution is -0.126. The summed E-state index contributed by atoms with van der Waals surface area (Å²) >= 11 is 6.24. The normalized spacial score (nSPS) is 15.4. The summed E-state index contributed by atoms with van der Waals surface area (Å²) in [6.07, 6.45) is 10.3. The van der Waals surface area contributed by atoms with Gasteiger partial charge < -0.3 is 14.8 Å². The van der Waals surface area contributed by atoms with Crippen LogP contribution in [0.15, 0.2) is 60.7 Å². The Kier molecular flexibility index (Phi) is 11.2. The van der Waals surface area contributed by atoms with Crippen molar-refractivity contribution in [3.63, 3.8) is 0 Å². The largest absolute Gasteiger partial charge is 0.381 e. The Morgan fingerprint density at radius 1 is 1.34 bits per heavy atom. The van der Waals surface area contributed by atoms with E-state index in [1.165, 1.54) is 13.2 Å². The number of halogens is 2. The zero-order valence-corrected chi connectivity index (χ0v) is 23.2. The van der Waals surface area contributed by atoms with Gasteiger partial charge in [-0.3, -0.25) is 4.79 Å². The number of methoxy groups -OCH3 is 1. The highest BCUT2D eigenvalue weighted by atomic mass is 35.5. The molecule has 0 radical (unpaired) electrons. The van der Waals surface area contributed by atoms with E-state index >= 15 is 4.39 Å². The van der Waals surface area contributed by atoms with Crippen LogP contribution in [-0.4, -0.2) is 36.1 Å². The number of anilines is 1. The maximum atomic E-state index is 15.3. The van der Waals surface area contributed by atoms with Crippen LogP contribution in [0.25, 0.3) is 0 Å². The fourth-order valence-electron chi connectivity index (χ4n) is 4.38. The highest BCUT2D eigenvalue weighted by Gasteiger charge is 2.31. The summed E-state index contributed by atoms with van der Waals surface area (Å²) < 4.78 is 25.9. The SMILES string of the molecule is C=CCC(F)(OC)c1cccc([C@@H](C)Nc2nc(Cl)nc3c2CC(CC(=O)/C=C/CCOCCC)=CC3)c1. The second-order valence-electron chi connectivity index (χ2n) is 9.37. The lowest BCUT2D eigenvalue weighted by Gasteiger charge is -2.25. The van der Waals surface area contributed by atoms with Gasteiger partial charge in [0.2, 0.25) is 11.1 Å². The van der Waals surface area contributed by atoms with Gasteiger partial charge in [0.1, 0.15) is 5.82 Å². The van der Waals surface area contributed by atoms with Gasteiger partial charge in [-0.15, -0.1) is 6.58 Å². The fourth-order valence-corrected chi connectivity index (χ4v) is 4.56. The predicted molar refractivity (Wildman–Crippen MR) is 150 cm³/mol. The van der Waals surface area contributed by atoms with Crippen molar-refractivity contribution in [1.29, 1.82) is 0 Å². The minimum atomic E-state index is -1.95. The number of nitrogens with zero attached hydrogens (tertiary/aromatic N) is 2. The number of hydrogen-bond acceptors (Lipinski definition) is 6. The first kappa shape index (κ1) is 29.7. The van der Waals surface area contributed by atoms with Crippen LogP contribution in [-0.2, 0) is 33.0 Å². The molecule has 0 saturated heterocycles. The molecule has 0 spiro atoms. The Morgan fingerprint density at radius 2 is 2.16 bits per heavy atom. The quantitative estimate of drug-likeness (QED) is 0.113. The van der Waals surface area contributed by atoms with Gasteiger partial charge in [-0.25, -0.2) is 14.4 Å². The van der Waals surface area contributed by atoms with Crippen LogP contribution in [0.3, 0.4) is 0 Å². The molecule has 3 rings (SSSR count). The van der Waals surface area contributed by atoms with Crippen LogP contribution >= 0.6 is 11.6 Å². The number of nitrogens with one attached hydrogen (secondary N) is 1. The first-order valence-corrected chi connectivity index (χ1v) is 13.4. The Bertz CT molecular complexity index is 1180. The molecule has 1 aromatic heterocycles. The molecule has 38 heavy (non-hydrogen) atoms. The number of fused-ring (bicyclic) bond motifs is 1. The zero-order chi connectivity index (χ0) is 27.5. The van der Waals surface area contributed by atoms with Crippen molar-refractivity contribution in [2.45, 2.75) is 64.3 Å². The van der Waals surface area contributed by atoms with Crippen LogP contribution in [0.5, 0.6) is 0 Å². The van der Waals surface area contributed by atoms with E-state index in [4.69, 9.17) is 21.1 Å². The van der Waals surface area contributed by atoms with E-state index in [2.05, 4.69) is 28.8 Å². The molecule has 2 atom stereocenters. The minimum absolute atomic E-state index is 0.0411. The second-order valence-corrected chi connectivity index (χ2v) is 9.71. The number of ketones is 1. The van der Waals surface area contributed by atoms with Crippen LogP contribution in [0.2, 0.25) is 5.28 Å². The van der Waals surface area contributed by atoms with E-state index in [1.807, 2.05) is 25.1 Å². The molecule has 8 heteroatoms. The number of hydrogen-bond donors (Lipinski definition) is 1. The molecule has 0 bridgehead atoms. The van der Waals surface area contributed by atoms with Gasteiger partial charge in [-0.2, -0.15) is 0 Å². The van der Waals surface area contributed by atoms with Gasteiger partial charge in [0.25, 0.3) is 0 Å². The van der Waals surface area contributed by atoms with Gasteiger partial charge in [0.15, 0.2) is 5.78 Å². The average Bonchev–Trinajstić information content (AvgIpc) is 2.91. The topological polar surface area (TPSA) is 73.3 Å². The molecule has 1 N–H and O–H groups in total. The van der Waals surface area contributed by atoms with Crippen molar-refractivity contribution in [1.82, 2.24) is 9.97 Å². The van der Waals surface area contributed by atoms with Crippen LogP contribution in [0, 0.1) is 0 Å². The summed E-state index contributed by atoms with van der Waals surface area (Å²) in [5, 5.41) is 3.58. The highest BCUT2D eigenvalue weighted by Crippen LogP contribution is 2.34. The molecule has 0 aliphatic heterocycles. The summed E-state index contributed by atoms with van der Waals surface area (Å²) in [5.74, 6) is -1.28. The molecule has 0 saturated carbocycles. The number of carbonyl (C=O) groups is 1. The highest BCUT2D eigenvalue weighted by molar-refractivity contribution is 6.28. The second kappa shape index (κ2) is 14.3. The fraction of sp³-hybridized carbons (Fsp3) is 0.433. The van der Waals surface area contributed by atoms with E-state index < -0.39 is 5.85 Å². The summed E-state index contributed by atoms with van der Waals surface area (Å²) in [7, 11) is 1.35.